The topological polar surface area (TPSA) is 71.0 Å². The molecule has 0 aliphatic carbocycles. The van der Waals surface area contributed by atoms with Crippen LogP contribution in [0.3, 0.4) is 0 Å². The molecule has 1 fully saturated rings. The summed E-state index contributed by atoms with van der Waals surface area (Å²) in [6.45, 7) is 1.29. The van der Waals surface area contributed by atoms with Gasteiger partial charge in [-0.3, -0.25) is 14.7 Å². The van der Waals surface area contributed by atoms with Gasteiger partial charge in [-0.2, -0.15) is 5.10 Å². The molecule has 1 amide bonds. The number of carbonyl (C=O) groups excluding carboxylic acids is 1. The maximum Gasteiger partial charge on any atom is 0.263 e. The Kier molecular flexibility index (Phi) is 3.87. The molecule has 3 aromatic rings. The van der Waals surface area contributed by atoms with Crippen molar-refractivity contribution in [1.82, 2.24) is 19.7 Å². The average molecular weight is 336 g/mol. The van der Waals surface area contributed by atoms with Crippen molar-refractivity contribution in [2.24, 2.45) is 7.05 Å². The molecular formula is C19H20N4O2. The van der Waals surface area contributed by atoms with Crippen molar-refractivity contribution in [2.45, 2.75) is 18.8 Å². The fourth-order valence-electron chi connectivity index (χ4n) is 3.66. The van der Waals surface area contributed by atoms with Gasteiger partial charge in [-0.1, -0.05) is 18.2 Å². The number of aromatic nitrogens is 3. The van der Waals surface area contributed by atoms with Gasteiger partial charge in [-0.25, -0.2) is 0 Å². The van der Waals surface area contributed by atoms with E-state index in [0.29, 0.717) is 13.1 Å². The molecule has 1 atom stereocenters. The van der Waals surface area contributed by atoms with Crippen LogP contribution in [-0.4, -0.2) is 38.7 Å². The number of nitrogens with one attached hydrogen (secondary N) is 1. The molecule has 1 saturated heterocycles. The number of fused-ring (bicyclic) bond motifs is 1. The SMILES string of the molecule is Cn1c(=O)c(C(=O)N2CCCC(c3ccn[nH]3)C2)cc2ccccc21. The van der Waals surface area contributed by atoms with Gasteiger partial charge in [0, 0.05) is 37.9 Å². The molecule has 4 rings (SSSR count). The number of aryl methyl sites for hydroxylation is 1. The van der Waals surface area contributed by atoms with Crippen LogP contribution in [0.1, 0.15) is 34.8 Å². The first kappa shape index (κ1) is 15.6. The Labute approximate surface area is 145 Å². The second-order valence-corrected chi connectivity index (χ2v) is 6.58. The molecule has 0 spiro atoms. The van der Waals surface area contributed by atoms with Crippen LogP contribution in [0.25, 0.3) is 10.9 Å². The van der Waals surface area contributed by atoms with Crippen LogP contribution < -0.4 is 5.56 Å². The second kappa shape index (κ2) is 6.20. The fraction of sp³-hybridized carbons (Fsp3) is 0.316. The summed E-state index contributed by atoms with van der Waals surface area (Å²) >= 11 is 0. The lowest BCUT2D eigenvalue weighted by Gasteiger charge is -2.32. The molecule has 6 nitrogen and oxygen atoms in total. The van der Waals surface area contributed by atoms with E-state index < -0.39 is 0 Å². The number of nitrogens with zero attached hydrogens (tertiary/aromatic N) is 3. The Bertz CT molecular complexity index is 975. The molecule has 1 aliphatic heterocycles. The summed E-state index contributed by atoms with van der Waals surface area (Å²) in [5.41, 5.74) is 1.88. The van der Waals surface area contributed by atoms with Crippen molar-refractivity contribution < 1.29 is 4.79 Å². The minimum absolute atomic E-state index is 0.185. The lowest BCUT2D eigenvalue weighted by molar-refractivity contribution is 0.0703. The molecule has 128 valence electrons. The van der Waals surface area contributed by atoms with Gasteiger partial charge in [0.05, 0.1) is 5.52 Å². The number of pyridine rings is 1. The van der Waals surface area contributed by atoms with Crippen molar-refractivity contribution in [1.29, 1.82) is 0 Å². The van der Waals surface area contributed by atoms with Gasteiger partial charge < -0.3 is 9.47 Å². The molecule has 0 saturated carbocycles. The molecule has 1 aliphatic rings. The number of para-hydroxylation sites is 1. The quantitative estimate of drug-likeness (QED) is 0.780. The zero-order valence-corrected chi connectivity index (χ0v) is 14.1. The number of likely N-dealkylation sites (tertiary alicyclic amines) is 1. The maximum atomic E-state index is 13.0. The first-order valence-electron chi connectivity index (χ1n) is 8.52. The van der Waals surface area contributed by atoms with Gasteiger partial charge in [0.1, 0.15) is 5.56 Å². The number of hydrogen-bond donors (Lipinski definition) is 1. The number of hydrogen-bond acceptors (Lipinski definition) is 3. The number of aromatic amines is 1. The number of amides is 1. The minimum atomic E-state index is -0.243. The van der Waals surface area contributed by atoms with Gasteiger partial charge >= 0.3 is 0 Å². The third-order valence-electron chi connectivity index (χ3n) is 5.03. The van der Waals surface area contributed by atoms with Crippen molar-refractivity contribution in [3.63, 3.8) is 0 Å². The van der Waals surface area contributed by atoms with Crippen LogP contribution in [0.2, 0.25) is 0 Å². The van der Waals surface area contributed by atoms with E-state index in [2.05, 4.69) is 10.2 Å². The summed E-state index contributed by atoms with van der Waals surface area (Å²) in [6.07, 6.45) is 3.67. The minimum Gasteiger partial charge on any atom is -0.338 e. The highest BCUT2D eigenvalue weighted by Crippen LogP contribution is 2.26. The molecular weight excluding hydrogens is 316 g/mol. The van der Waals surface area contributed by atoms with E-state index in [1.807, 2.05) is 30.3 Å². The lowest BCUT2D eigenvalue weighted by Crippen LogP contribution is -2.42. The first-order chi connectivity index (χ1) is 12.1. The number of H-pyrrole nitrogens is 1. The first-order valence-corrected chi connectivity index (χ1v) is 8.52. The normalized spacial score (nSPS) is 17.8. The summed E-state index contributed by atoms with van der Waals surface area (Å²) in [4.78, 5) is 27.5. The summed E-state index contributed by atoms with van der Waals surface area (Å²) in [5, 5.41) is 7.90. The van der Waals surface area contributed by atoms with Crippen molar-refractivity contribution >= 4 is 16.8 Å². The van der Waals surface area contributed by atoms with E-state index in [1.54, 1.807) is 28.8 Å². The van der Waals surface area contributed by atoms with Crippen LogP contribution in [0, 0.1) is 0 Å². The molecule has 0 radical (unpaired) electrons. The van der Waals surface area contributed by atoms with Gasteiger partial charge in [-0.15, -0.1) is 0 Å². The Morgan fingerprint density at radius 1 is 1.28 bits per heavy atom. The Morgan fingerprint density at radius 2 is 2.12 bits per heavy atom. The molecule has 1 aromatic carbocycles. The van der Waals surface area contributed by atoms with Gasteiger partial charge in [0.2, 0.25) is 0 Å². The van der Waals surface area contributed by atoms with Gasteiger partial charge in [-0.05, 0) is 36.4 Å². The summed E-state index contributed by atoms with van der Waals surface area (Å²) < 4.78 is 1.55. The lowest BCUT2D eigenvalue weighted by atomic mass is 9.94. The van der Waals surface area contributed by atoms with Crippen LogP contribution in [0.4, 0.5) is 0 Å². The molecule has 2 aromatic heterocycles. The fourth-order valence-corrected chi connectivity index (χ4v) is 3.66. The predicted molar refractivity (Wildman–Crippen MR) is 95.7 cm³/mol. The Morgan fingerprint density at radius 3 is 2.92 bits per heavy atom. The van der Waals surface area contributed by atoms with Gasteiger partial charge in [0.15, 0.2) is 0 Å². The van der Waals surface area contributed by atoms with E-state index in [0.717, 1.165) is 29.4 Å². The van der Waals surface area contributed by atoms with Crippen LogP contribution in [0.15, 0.2) is 47.4 Å². The Hall–Kier alpha value is -2.89. The summed E-state index contributed by atoms with van der Waals surface area (Å²) in [5.74, 6) is 0.0556. The number of benzene rings is 1. The molecule has 0 bridgehead atoms. The van der Waals surface area contributed by atoms with Crippen LogP contribution in [-0.2, 0) is 7.05 Å². The van der Waals surface area contributed by atoms with Crippen LogP contribution in [0.5, 0.6) is 0 Å². The third kappa shape index (κ3) is 2.73. The molecule has 25 heavy (non-hydrogen) atoms. The largest absolute Gasteiger partial charge is 0.338 e. The average Bonchev–Trinajstić information content (AvgIpc) is 3.19. The predicted octanol–water partition coefficient (Wildman–Crippen LogP) is 2.28. The second-order valence-electron chi connectivity index (χ2n) is 6.58. The van der Waals surface area contributed by atoms with E-state index >= 15 is 0 Å². The Balaban J connectivity index is 1.68. The maximum absolute atomic E-state index is 13.0. The van der Waals surface area contributed by atoms with Crippen molar-refractivity contribution in [3.8, 4) is 0 Å². The van der Waals surface area contributed by atoms with Crippen LogP contribution >= 0.6 is 0 Å². The monoisotopic (exact) mass is 336 g/mol. The molecule has 1 N–H and O–H groups in total. The van der Waals surface area contributed by atoms with Crippen molar-refractivity contribution in [2.75, 3.05) is 13.1 Å². The smallest absolute Gasteiger partial charge is 0.263 e. The van der Waals surface area contributed by atoms with E-state index in [9.17, 15) is 9.59 Å². The number of carbonyl (C=O) groups is 1. The zero-order chi connectivity index (χ0) is 17.4. The van der Waals surface area contributed by atoms with Gasteiger partial charge in [0.25, 0.3) is 11.5 Å². The molecule has 3 heterocycles. The van der Waals surface area contributed by atoms with E-state index in [1.165, 1.54) is 0 Å². The highest BCUT2D eigenvalue weighted by atomic mass is 16.2. The third-order valence-corrected chi connectivity index (χ3v) is 5.03. The van der Waals surface area contributed by atoms with Crippen molar-refractivity contribution in [3.05, 3.63) is 64.2 Å². The highest BCUT2D eigenvalue weighted by molar-refractivity contribution is 5.97. The molecule has 1 unspecified atom stereocenters. The van der Waals surface area contributed by atoms with E-state index in [-0.39, 0.29) is 22.9 Å². The zero-order valence-electron chi connectivity index (χ0n) is 14.1. The number of rotatable bonds is 2. The highest BCUT2D eigenvalue weighted by Gasteiger charge is 2.28. The standard InChI is InChI=1S/C19H20N4O2/c1-22-17-7-3-2-5-13(17)11-15(18(22)24)19(25)23-10-4-6-14(12-23)16-8-9-20-21-16/h2-3,5,7-9,11,14H,4,6,10,12H2,1H3,(H,20,21). The summed E-state index contributed by atoms with van der Waals surface area (Å²) in [6, 6.07) is 11.3. The summed E-state index contributed by atoms with van der Waals surface area (Å²) in [7, 11) is 1.71. The van der Waals surface area contributed by atoms with E-state index in [4.69, 9.17) is 0 Å². The number of piperidine rings is 1. The molecule has 6 heteroatoms.